The number of ether oxygens (including phenoxy) is 4. The zero-order valence-electron chi connectivity index (χ0n) is 21.3. The molecule has 2 bridgehead atoms. The Labute approximate surface area is 215 Å². The van der Waals surface area contributed by atoms with E-state index >= 15 is 0 Å². The van der Waals surface area contributed by atoms with E-state index in [4.69, 9.17) is 23.8 Å². The minimum absolute atomic E-state index is 0.00980. The normalized spacial score (nSPS) is 29.1. The van der Waals surface area contributed by atoms with E-state index in [1.165, 1.54) is 4.90 Å². The topological polar surface area (TPSA) is 95.9 Å². The van der Waals surface area contributed by atoms with Gasteiger partial charge < -0.3 is 23.8 Å². The summed E-state index contributed by atoms with van der Waals surface area (Å²) in [6.07, 6.45) is 1.14. The smallest absolute Gasteiger partial charge is 0.233 e. The van der Waals surface area contributed by atoms with E-state index in [9.17, 15) is 9.59 Å². The molecule has 2 saturated carbocycles. The molecule has 37 heavy (non-hydrogen) atoms. The average Bonchev–Trinajstić information content (AvgIpc) is 3.67. The third-order valence-electron chi connectivity index (χ3n) is 8.54. The van der Waals surface area contributed by atoms with Gasteiger partial charge in [0.1, 0.15) is 17.6 Å². The molecule has 6 rings (SSSR count). The van der Waals surface area contributed by atoms with Gasteiger partial charge in [-0.3, -0.25) is 14.5 Å². The third kappa shape index (κ3) is 3.47. The molecule has 1 saturated heterocycles. The van der Waals surface area contributed by atoms with Crippen molar-refractivity contribution < 1.29 is 33.4 Å². The fourth-order valence-electron chi connectivity index (χ4n) is 6.92. The number of oxime groups is 1. The van der Waals surface area contributed by atoms with Crippen LogP contribution in [0.3, 0.4) is 0 Å². The van der Waals surface area contributed by atoms with E-state index in [2.05, 4.69) is 5.16 Å². The Morgan fingerprint density at radius 3 is 2.27 bits per heavy atom. The molecule has 2 aliphatic carbocycles. The Kier molecular flexibility index (Phi) is 5.73. The summed E-state index contributed by atoms with van der Waals surface area (Å²) in [5.41, 5.74) is 2.60. The summed E-state index contributed by atoms with van der Waals surface area (Å²) in [5, 5.41) is 4.44. The molecule has 4 aliphatic rings. The van der Waals surface area contributed by atoms with Gasteiger partial charge in [-0.05, 0) is 48.6 Å². The molecule has 2 amide bonds. The molecule has 3 fully saturated rings. The van der Waals surface area contributed by atoms with Crippen LogP contribution in [-0.4, -0.2) is 63.5 Å². The molecule has 2 heterocycles. The molecular formula is C28H30N2O7. The standard InChI is InChI=1S/C28H30N2O7/c1-33-15-6-7-16(20(12-15)35-3)25-24-17-13-18(26(24)37-29-25)23-22(17)27(31)30(28(23)32)10-9-14-5-8-19(34-2)21(11-14)36-4/h5-8,11-12,17-18,22-24,26H,9-10,13H2,1-4H3/t17-,18+,22-,23+,24-,26-/m1/s1. The molecule has 0 N–H and O–H groups in total. The Morgan fingerprint density at radius 2 is 1.57 bits per heavy atom. The number of nitrogens with zero attached hydrogens (tertiary/aromatic N) is 2. The average molecular weight is 507 g/mol. The van der Waals surface area contributed by atoms with E-state index in [1.54, 1.807) is 28.4 Å². The predicted molar refractivity (Wildman–Crippen MR) is 133 cm³/mol. The predicted octanol–water partition coefficient (Wildman–Crippen LogP) is 2.93. The highest BCUT2D eigenvalue weighted by Crippen LogP contribution is 2.62. The van der Waals surface area contributed by atoms with E-state index < -0.39 is 0 Å². The van der Waals surface area contributed by atoms with Crippen LogP contribution in [0.1, 0.15) is 17.5 Å². The van der Waals surface area contributed by atoms with Gasteiger partial charge in [0.25, 0.3) is 0 Å². The molecule has 0 unspecified atom stereocenters. The fourth-order valence-corrected chi connectivity index (χ4v) is 6.92. The number of carbonyl (C=O) groups is 2. The monoisotopic (exact) mass is 506 g/mol. The summed E-state index contributed by atoms with van der Waals surface area (Å²) in [5.74, 6) is 1.72. The largest absolute Gasteiger partial charge is 0.497 e. The van der Waals surface area contributed by atoms with Gasteiger partial charge in [-0.2, -0.15) is 0 Å². The van der Waals surface area contributed by atoms with Crippen molar-refractivity contribution in [2.75, 3.05) is 35.0 Å². The second-order valence-corrected chi connectivity index (χ2v) is 10.0. The van der Waals surface area contributed by atoms with Crippen LogP contribution < -0.4 is 18.9 Å². The number of methoxy groups -OCH3 is 4. The van der Waals surface area contributed by atoms with Gasteiger partial charge in [0.05, 0.1) is 46.0 Å². The van der Waals surface area contributed by atoms with Crippen LogP contribution in [0.2, 0.25) is 0 Å². The van der Waals surface area contributed by atoms with Gasteiger partial charge in [-0.1, -0.05) is 11.2 Å². The van der Waals surface area contributed by atoms with Gasteiger partial charge in [-0.15, -0.1) is 0 Å². The number of likely N-dealkylation sites (tertiary alicyclic amines) is 1. The summed E-state index contributed by atoms with van der Waals surface area (Å²) in [6.45, 7) is 0.336. The highest BCUT2D eigenvalue weighted by atomic mass is 16.6. The lowest BCUT2D eigenvalue weighted by Gasteiger charge is -2.30. The van der Waals surface area contributed by atoms with E-state index in [1.807, 2.05) is 36.4 Å². The van der Waals surface area contributed by atoms with Crippen molar-refractivity contribution in [1.29, 1.82) is 0 Å². The van der Waals surface area contributed by atoms with Crippen LogP contribution in [-0.2, 0) is 20.8 Å². The number of imide groups is 1. The number of hydrogen-bond donors (Lipinski definition) is 0. The molecule has 0 aromatic heterocycles. The molecule has 2 aromatic carbocycles. The number of rotatable bonds is 8. The van der Waals surface area contributed by atoms with Crippen molar-refractivity contribution in [3.8, 4) is 23.0 Å². The molecule has 9 heteroatoms. The molecule has 2 aromatic rings. The lowest BCUT2D eigenvalue weighted by Crippen LogP contribution is -2.41. The lowest BCUT2D eigenvalue weighted by atomic mass is 9.71. The first-order valence-corrected chi connectivity index (χ1v) is 12.5. The second kappa shape index (κ2) is 8.97. The zero-order valence-corrected chi connectivity index (χ0v) is 21.3. The van der Waals surface area contributed by atoms with Crippen LogP contribution in [0, 0.1) is 29.6 Å². The van der Waals surface area contributed by atoms with E-state index in [0.717, 1.165) is 23.3 Å². The lowest BCUT2D eigenvalue weighted by molar-refractivity contribution is -0.140. The number of carbonyl (C=O) groups excluding carboxylic acids is 2. The second-order valence-electron chi connectivity index (χ2n) is 10.0. The summed E-state index contributed by atoms with van der Waals surface area (Å²) in [7, 11) is 6.39. The Bertz CT molecular complexity index is 1290. The first-order valence-electron chi connectivity index (χ1n) is 12.5. The maximum Gasteiger partial charge on any atom is 0.233 e. The highest BCUT2D eigenvalue weighted by molar-refractivity contribution is 6.09. The number of benzene rings is 2. The van der Waals surface area contributed by atoms with Gasteiger partial charge in [0.2, 0.25) is 11.8 Å². The van der Waals surface area contributed by atoms with E-state index in [0.29, 0.717) is 36.0 Å². The molecule has 0 spiro atoms. The molecule has 2 aliphatic heterocycles. The van der Waals surface area contributed by atoms with Crippen molar-refractivity contribution in [3.63, 3.8) is 0 Å². The zero-order chi connectivity index (χ0) is 25.8. The molecule has 9 nitrogen and oxygen atoms in total. The number of hydrogen-bond acceptors (Lipinski definition) is 8. The SMILES string of the molecule is COc1ccc(C2=NO[C@@H]3[C@H]4C[C@H]([C@H]5C(=O)N(CCc6ccc(OC)c(OC)c6)C(=O)[C@@H]45)[C@H]23)c(OC)c1. The molecule has 0 radical (unpaired) electrons. The van der Waals surface area contributed by atoms with Gasteiger partial charge >= 0.3 is 0 Å². The maximum absolute atomic E-state index is 13.6. The molecule has 6 atom stereocenters. The minimum atomic E-state index is -0.337. The first kappa shape index (κ1) is 23.6. The summed E-state index contributed by atoms with van der Waals surface area (Å²) in [6, 6.07) is 11.3. The quantitative estimate of drug-likeness (QED) is 0.508. The number of fused-ring (bicyclic) bond motifs is 8. The number of amides is 2. The Balaban J connectivity index is 1.22. The minimum Gasteiger partial charge on any atom is -0.497 e. The van der Waals surface area contributed by atoms with Crippen molar-refractivity contribution in [1.82, 2.24) is 4.90 Å². The highest BCUT2D eigenvalue weighted by Gasteiger charge is 2.70. The van der Waals surface area contributed by atoms with Crippen molar-refractivity contribution >= 4 is 17.5 Å². The molecule has 194 valence electrons. The van der Waals surface area contributed by atoms with Gasteiger partial charge in [-0.25, -0.2) is 0 Å². The molecular weight excluding hydrogens is 476 g/mol. The van der Waals surface area contributed by atoms with E-state index in [-0.39, 0.29) is 47.5 Å². The van der Waals surface area contributed by atoms with Crippen LogP contribution in [0.4, 0.5) is 0 Å². The summed E-state index contributed by atoms with van der Waals surface area (Å²) < 4.78 is 21.6. The van der Waals surface area contributed by atoms with Crippen LogP contribution in [0.5, 0.6) is 23.0 Å². The van der Waals surface area contributed by atoms with Gasteiger partial charge in [0.15, 0.2) is 11.5 Å². The maximum atomic E-state index is 13.6. The van der Waals surface area contributed by atoms with Crippen LogP contribution in [0.25, 0.3) is 0 Å². The van der Waals surface area contributed by atoms with Crippen molar-refractivity contribution in [2.24, 2.45) is 34.7 Å². The van der Waals surface area contributed by atoms with Crippen LogP contribution in [0.15, 0.2) is 41.6 Å². The summed E-state index contributed by atoms with van der Waals surface area (Å²) in [4.78, 5) is 34.5. The van der Waals surface area contributed by atoms with Crippen LogP contribution >= 0.6 is 0 Å². The fraction of sp³-hybridized carbons (Fsp3) is 0.464. The first-order chi connectivity index (χ1) is 18.0. The summed E-state index contributed by atoms with van der Waals surface area (Å²) >= 11 is 0. The third-order valence-corrected chi connectivity index (χ3v) is 8.54. The van der Waals surface area contributed by atoms with Gasteiger partial charge in [0, 0.05) is 30.0 Å². The Hall–Kier alpha value is -3.75. The van der Waals surface area contributed by atoms with Crippen molar-refractivity contribution in [3.05, 3.63) is 47.5 Å². The Morgan fingerprint density at radius 1 is 0.838 bits per heavy atom. The van der Waals surface area contributed by atoms with Crippen molar-refractivity contribution in [2.45, 2.75) is 18.9 Å².